The topological polar surface area (TPSA) is 97.6 Å². The highest BCUT2D eigenvalue weighted by atomic mass is 32.5. The number of hydrogen-bond acceptors (Lipinski definition) is 7. The Labute approximate surface area is 139 Å². The first-order valence-electron chi connectivity index (χ1n) is 6.71. The van der Waals surface area contributed by atoms with Gasteiger partial charge in [-0.15, -0.1) is 0 Å². The molecule has 7 nitrogen and oxygen atoms in total. The van der Waals surface area contributed by atoms with Crippen molar-refractivity contribution in [3.8, 4) is 0 Å². The van der Waals surface area contributed by atoms with Crippen molar-refractivity contribution in [2.45, 2.75) is 48.8 Å². The van der Waals surface area contributed by atoms with Gasteiger partial charge in [-0.1, -0.05) is 0 Å². The molecule has 2 aliphatic heterocycles. The number of hydrogen-bond donors (Lipinski definition) is 3. The molecule has 9 atom stereocenters. The van der Waals surface area contributed by atoms with E-state index in [2.05, 4.69) is 0 Å². The Hall–Kier alpha value is 0.360. The van der Waals surface area contributed by atoms with Crippen molar-refractivity contribution in [1.82, 2.24) is 0 Å². The minimum atomic E-state index is -3.98. The number of aliphatic hydroxyl groups excluding tert-OH is 2. The van der Waals surface area contributed by atoms with Crippen LogP contribution in [0.5, 0.6) is 0 Å². The average Bonchev–Trinajstić information content (AvgIpc) is 2.89. The lowest BCUT2D eigenvalue weighted by Crippen LogP contribution is -2.34. The van der Waals surface area contributed by atoms with Gasteiger partial charge in [0.25, 0.3) is 0 Å². The fourth-order valence-electron chi connectivity index (χ4n) is 2.27. The van der Waals surface area contributed by atoms with E-state index in [1.165, 1.54) is 0 Å². The molecule has 13 heteroatoms. The van der Waals surface area contributed by atoms with Crippen LogP contribution < -0.4 is 0 Å². The molecular weight excluding hydrogens is 355 g/mol. The molecule has 0 amide bonds. The number of aliphatic hydroxyl groups is 2. The summed E-state index contributed by atoms with van der Waals surface area (Å²) in [4.78, 5) is 9.95. The molecular formula is C10H15B2F2O7PS. The number of ether oxygens (including phenoxy) is 2. The monoisotopic (exact) mass is 370 g/mol. The molecule has 2 heterocycles. The largest absolute Gasteiger partial charge is 0.394 e. The summed E-state index contributed by atoms with van der Waals surface area (Å²) in [5.41, 5.74) is 0. The smallest absolute Gasteiger partial charge is 0.325 e. The van der Waals surface area contributed by atoms with Crippen molar-refractivity contribution < 1.29 is 42.4 Å². The highest BCUT2D eigenvalue weighted by Gasteiger charge is 2.46. The molecule has 0 bridgehead atoms. The predicted octanol–water partition coefficient (Wildman–Crippen LogP) is -1.58. The van der Waals surface area contributed by atoms with Gasteiger partial charge in [0.05, 0.1) is 25.2 Å². The minimum Gasteiger partial charge on any atom is -0.394 e. The third-order valence-electron chi connectivity index (χ3n) is 3.52. The first-order chi connectivity index (χ1) is 10.7. The van der Waals surface area contributed by atoms with Crippen LogP contribution in [0.3, 0.4) is 0 Å². The van der Waals surface area contributed by atoms with Crippen LogP contribution in [0.4, 0.5) is 8.78 Å². The lowest BCUT2D eigenvalue weighted by Gasteiger charge is -2.25. The Bertz CT molecular complexity index is 467. The maximum atomic E-state index is 13.8. The van der Waals surface area contributed by atoms with Crippen molar-refractivity contribution in [2.75, 3.05) is 13.2 Å². The highest BCUT2D eigenvalue weighted by molar-refractivity contribution is 8.07. The van der Waals surface area contributed by atoms with Gasteiger partial charge in [-0.2, -0.15) is 0 Å². The Morgan fingerprint density at radius 1 is 1.13 bits per heavy atom. The Morgan fingerprint density at radius 2 is 1.70 bits per heavy atom. The number of rotatable bonds is 6. The molecule has 0 saturated carbocycles. The first-order valence-corrected chi connectivity index (χ1v) is 9.30. The van der Waals surface area contributed by atoms with E-state index in [1.54, 1.807) is 0 Å². The third kappa shape index (κ3) is 4.50. The van der Waals surface area contributed by atoms with Gasteiger partial charge < -0.3 is 29.1 Å². The second-order valence-corrected chi connectivity index (χ2v) is 7.97. The lowest BCUT2D eigenvalue weighted by atomic mass is 9.94. The minimum absolute atomic E-state index is 0.510. The second-order valence-electron chi connectivity index (χ2n) is 5.17. The van der Waals surface area contributed by atoms with Crippen molar-refractivity contribution in [3.63, 3.8) is 0 Å². The van der Waals surface area contributed by atoms with E-state index in [0.717, 1.165) is 0 Å². The molecule has 5 unspecified atom stereocenters. The summed E-state index contributed by atoms with van der Waals surface area (Å²) in [5.74, 6) is 0. The molecule has 0 aromatic rings. The van der Waals surface area contributed by atoms with Gasteiger partial charge in [0.15, 0.2) is 0 Å². The van der Waals surface area contributed by atoms with Crippen molar-refractivity contribution in [3.05, 3.63) is 0 Å². The van der Waals surface area contributed by atoms with Gasteiger partial charge in [0, 0.05) is 0 Å². The third-order valence-corrected chi connectivity index (χ3v) is 5.08. The average molecular weight is 370 g/mol. The van der Waals surface area contributed by atoms with Crippen LogP contribution in [0.2, 0.25) is 0 Å². The van der Waals surface area contributed by atoms with Crippen molar-refractivity contribution >= 4 is 34.2 Å². The lowest BCUT2D eigenvalue weighted by molar-refractivity contribution is -0.0196. The van der Waals surface area contributed by atoms with Crippen LogP contribution in [0, 0.1) is 0 Å². The van der Waals surface area contributed by atoms with Crippen molar-refractivity contribution in [1.29, 1.82) is 0 Å². The predicted molar refractivity (Wildman–Crippen MR) is 79.0 cm³/mol. The summed E-state index contributed by atoms with van der Waals surface area (Å²) in [7, 11) is 10.6. The zero-order valence-corrected chi connectivity index (χ0v) is 13.5. The molecule has 2 rings (SSSR count). The summed E-state index contributed by atoms with van der Waals surface area (Å²) in [6.07, 6.45) is -8.89. The van der Waals surface area contributed by atoms with Crippen LogP contribution in [0.25, 0.3) is 0 Å². The zero-order chi connectivity index (χ0) is 17.4. The second kappa shape index (κ2) is 7.72. The molecule has 0 aromatic carbocycles. The fraction of sp³-hybridized carbons (Fsp3) is 1.00. The number of halogens is 2. The van der Waals surface area contributed by atoms with Crippen LogP contribution in [-0.2, 0) is 30.3 Å². The highest BCUT2D eigenvalue weighted by Crippen LogP contribution is 2.48. The Morgan fingerprint density at radius 3 is 2.22 bits per heavy atom. The van der Waals surface area contributed by atoms with Crippen molar-refractivity contribution in [2.24, 2.45) is 0 Å². The van der Waals surface area contributed by atoms with Crippen LogP contribution in [0.1, 0.15) is 0 Å². The van der Waals surface area contributed by atoms with Gasteiger partial charge >= 0.3 is 6.72 Å². The quantitative estimate of drug-likeness (QED) is 0.381. The van der Waals surface area contributed by atoms with E-state index in [9.17, 15) is 18.8 Å². The SMILES string of the molecule is [B][C@@H]1O[C@H](COP(O)(=S)OC2C(F)[C@H]([B])O[C@@H]2CO)C(O)C1F. The fourth-order valence-corrected chi connectivity index (χ4v) is 3.70. The maximum Gasteiger partial charge on any atom is 0.325 e. The Balaban J connectivity index is 1.91. The summed E-state index contributed by atoms with van der Waals surface area (Å²) in [5, 5.41) is 18.6. The Kier molecular flexibility index (Phi) is 6.60. The van der Waals surface area contributed by atoms with Crippen LogP contribution >= 0.6 is 6.72 Å². The molecule has 128 valence electrons. The van der Waals surface area contributed by atoms with Gasteiger partial charge in [-0.05, 0) is 11.8 Å². The summed E-state index contributed by atoms with van der Waals surface area (Å²) in [6.45, 7) is -5.09. The number of alkyl halides is 2. The van der Waals surface area contributed by atoms with Gasteiger partial charge in [-0.3, -0.25) is 4.52 Å². The summed E-state index contributed by atoms with van der Waals surface area (Å²) >= 11 is 4.72. The molecule has 4 radical (unpaired) electrons. The van der Waals surface area contributed by atoms with Crippen LogP contribution in [-0.4, -0.2) is 92.8 Å². The maximum absolute atomic E-state index is 13.8. The summed E-state index contributed by atoms with van der Waals surface area (Å²) in [6, 6.07) is -2.66. The molecule has 2 saturated heterocycles. The first kappa shape index (κ1) is 19.7. The molecule has 2 fully saturated rings. The van der Waals surface area contributed by atoms with Gasteiger partial charge in [0.1, 0.15) is 52.5 Å². The zero-order valence-electron chi connectivity index (χ0n) is 11.8. The molecule has 0 aliphatic carbocycles. The van der Waals surface area contributed by atoms with E-state index in [4.69, 9.17) is 51.1 Å². The normalized spacial score (nSPS) is 46.8. The van der Waals surface area contributed by atoms with E-state index in [1.807, 2.05) is 0 Å². The standard InChI is InChI=1S/C10H15B2F2O7PS/c11-9-5(13)7(16)4(20-9)2-18-22(17,23)21-8-3(1-15)19-10(12)6(8)14/h3-10,15-16H,1-2H2,(H,17,23)/t3-,4-,5?,6?,7?,8?,9-,10-,22?/m1/s1. The molecule has 3 N–H and O–H groups in total. The molecule has 2 aliphatic rings. The van der Waals surface area contributed by atoms with Gasteiger partial charge in [-0.25, -0.2) is 8.78 Å². The van der Waals surface area contributed by atoms with E-state index in [0.29, 0.717) is 0 Å². The van der Waals surface area contributed by atoms with Crippen LogP contribution in [0.15, 0.2) is 0 Å². The van der Waals surface area contributed by atoms with Gasteiger partial charge in [0.2, 0.25) is 0 Å². The summed E-state index contributed by atoms with van der Waals surface area (Å²) < 4.78 is 46.9. The van der Waals surface area contributed by atoms with E-state index >= 15 is 0 Å². The molecule has 0 aromatic heterocycles. The van der Waals surface area contributed by atoms with E-state index < -0.39 is 68.7 Å². The molecule has 23 heavy (non-hydrogen) atoms. The van der Waals surface area contributed by atoms with E-state index in [-0.39, 0.29) is 0 Å². The molecule has 0 spiro atoms.